The van der Waals surface area contributed by atoms with E-state index in [1.54, 1.807) is 0 Å². The molecule has 2 unspecified atom stereocenters. The maximum absolute atomic E-state index is 13.1. The molecule has 5 atom stereocenters. The number of rotatable bonds is 81. The van der Waals surface area contributed by atoms with Crippen LogP contribution in [0, 0.1) is 5.92 Å². The van der Waals surface area contributed by atoms with Gasteiger partial charge in [0, 0.05) is 25.7 Å². The van der Waals surface area contributed by atoms with Gasteiger partial charge in [0.1, 0.15) is 19.3 Å². The monoisotopic (exact) mass is 1470 g/mol. The van der Waals surface area contributed by atoms with Crippen molar-refractivity contribution in [3.63, 3.8) is 0 Å². The first-order chi connectivity index (χ1) is 48.5. The zero-order valence-corrected chi connectivity index (χ0v) is 67.1. The van der Waals surface area contributed by atoms with Crippen molar-refractivity contribution in [3.8, 4) is 0 Å². The van der Waals surface area contributed by atoms with Crippen molar-refractivity contribution in [2.75, 3.05) is 39.6 Å². The predicted octanol–water partition coefficient (Wildman–Crippen LogP) is 24.4. The average molecular weight is 1470 g/mol. The van der Waals surface area contributed by atoms with E-state index in [1.807, 2.05) is 0 Å². The summed E-state index contributed by atoms with van der Waals surface area (Å²) in [4.78, 5) is 72.9. The molecule has 0 aromatic rings. The van der Waals surface area contributed by atoms with Gasteiger partial charge in [0.2, 0.25) is 0 Å². The van der Waals surface area contributed by atoms with Crippen LogP contribution >= 0.6 is 15.6 Å². The fourth-order valence-electron chi connectivity index (χ4n) is 12.6. The maximum Gasteiger partial charge on any atom is 0.472 e. The van der Waals surface area contributed by atoms with Gasteiger partial charge >= 0.3 is 39.5 Å². The molecule has 0 spiro atoms. The number of aliphatic hydroxyl groups excluding tert-OH is 1. The number of hydrogen-bond acceptors (Lipinski definition) is 15. The van der Waals surface area contributed by atoms with Gasteiger partial charge in [-0.15, -0.1) is 0 Å². The number of unbranched alkanes of at least 4 members (excludes halogenated alkanes) is 53. The molecule has 17 nitrogen and oxygen atoms in total. The molecule has 19 heteroatoms. The van der Waals surface area contributed by atoms with Gasteiger partial charge in [0.15, 0.2) is 12.2 Å². The number of esters is 4. The van der Waals surface area contributed by atoms with Gasteiger partial charge in [0.25, 0.3) is 0 Å². The van der Waals surface area contributed by atoms with Gasteiger partial charge in [-0.3, -0.25) is 37.3 Å². The topological polar surface area (TPSA) is 237 Å². The van der Waals surface area contributed by atoms with Crippen LogP contribution in [0.1, 0.15) is 433 Å². The highest BCUT2D eigenvalue weighted by atomic mass is 31.2. The molecule has 0 saturated heterocycles. The van der Waals surface area contributed by atoms with Crippen molar-refractivity contribution < 1.29 is 80.2 Å². The Kier molecular flexibility index (Phi) is 72.5. The zero-order chi connectivity index (χ0) is 73.4. The molecule has 100 heavy (non-hydrogen) atoms. The molecule has 0 heterocycles. The van der Waals surface area contributed by atoms with Gasteiger partial charge in [-0.05, 0) is 31.6 Å². The molecule has 0 amide bonds. The summed E-state index contributed by atoms with van der Waals surface area (Å²) in [5, 5.41) is 10.6. The number of ether oxygens (including phenoxy) is 4. The molecular formula is C81H158O17P2. The van der Waals surface area contributed by atoms with E-state index in [0.717, 1.165) is 102 Å². The van der Waals surface area contributed by atoms with Crippen LogP contribution in [0.3, 0.4) is 0 Å². The Morgan fingerprint density at radius 2 is 0.460 bits per heavy atom. The summed E-state index contributed by atoms with van der Waals surface area (Å²) in [5.74, 6) is -1.32. The lowest BCUT2D eigenvalue weighted by molar-refractivity contribution is -0.161. The second-order valence-corrected chi connectivity index (χ2v) is 32.5. The second kappa shape index (κ2) is 73.9. The van der Waals surface area contributed by atoms with E-state index >= 15 is 0 Å². The normalized spacial score (nSPS) is 13.8. The highest BCUT2D eigenvalue weighted by Crippen LogP contribution is 2.45. The lowest BCUT2D eigenvalue weighted by atomic mass is 10.0. The predicted molar refractivity (Wildman–Crippen MR) is 409 cm³/mol. The fourth-order valence-corrected chi connectivity index (χ4v) is 14.2. The van der Waals surface area contributed by atoms with Crippen LogP contribution in [0.15, 0.2) is 0 Å². The fraction of sp³-hybridized carbons (Fsp3) is 0.951. The second-order valence-electron chi connectivity index (χ2n) is 29.6. The Morgan fingerprint density at radius 3 is 0.680 bits per heavy atom. The molecule has 0 aromatic heterocycles. The summed E-state index contributed by atoms with van der Waals surface area (Å²) in [6.45, 7) is 7.32. The highest BCUT2D eigenvalue weighted by molar-refractivity contribution is 7.47. The van der Waals surface area contributed by atoms with Crippen molar-refractivity contribution >= 4 is 39.5 Å². The minimum absolute atomic E-state index is 0.107. The van der Waals surface area contributed by atoms with Gasteiger partial charge in [-0.1, -0.05) is 381 Å². The molecule has 594 valence electrons. The Hall–Kier alpha value is -1.94. The third-order valence-electron chi connectivity index (χ3n) is 19.0. The molecule has 0 bridgehead atoms. The third kappa shape index (κ3) is 74.3. The Bertz CT molecular complexity index is 1910. The SMILES string of the molecule is CCCCCCCCCCCCCCCCCCCCC(=O)OC[C@H](COP(=O)(O)OC[C@@H](O)COP(=O)(O)OC[C@@H](COC(=O)CCCCCCCCCC)OC(=O)CCCCCCCCCCCCCCCC(C)C)OC(=O)CCCCCCCCCCCCCCCCCCCC. The van der Waals surface area contributed by atoms with E-state index < -0.39 is 97.5 Å². The summed E-state index contributed by atoms with van der Waals surface area (Å²) >= 11 is 0. The van der Waals surface area contributed by atoms with Gasteiger partial charge < -0.3 is 33.8 Å². The van der Waals surface area contributed by atoms with E-state index in [4.69, 9.17) is 37.0 Å². The smallest absolute Gasteiger partial charge is 0.462 e. The van der Waals surface area contributed by atoms with Crippen LogP contribution < -0.4 is 0 Å². The first-order valence-corrected chi connectivity index (χ1v) is 45.1. The molecule has 0 aliphatic carbocycles. The Balaban J connectivity index is 5.20. The van der Waals surface area contributed by atoms with E-state index in [-0.39, 0.29) is 25.7 Å². The van der Waals surface area contributed by atoms with Crippen LogP contribution in [-0.4, -0.2) is 96.7 Å². The summed E-state index contributed by atoms with van der Waals surface area (Å²) in [5.41, 5.74) is 0. The summed E-state index contributed by atoms with van der Waals surface area (Å²) in [6, 6.07) is 0. The molecular weight excluding hydrogens is 1310 g/mol. The van der Waals surface area contributed by atoms with Crippen molar-refractivity contribution in [2.24, 2.45) is 5.92 Å². The number of hydrogen-bond donors (Lipinski definition) is 3. The number of phosphoric ester groups is 2. The number of phosphoric acid groups is 2. The largest absolute Gasteiger partial charge is 0.472 e. The minimum atomic E-state index is -4.96. The molecule has 0 aliphatic heterocycles. The Labute approximate surface area is 613 Å². The van der Waals surface area contributed by atoms with Crippen molar-refractivity contribution in [1.82, 2.24) is 0 Å². The molecule has 3 N–H and O–H groups in total. The Morgan fingerprint density at radius 1 is 0.270 bits per heavy atom. The van der Waals surface area contributed by atoms with E-state index in [2.05, 4.69) is 34.6 Å². The lowest BCUT2D eigenvalue weighted by Crippen LogP contribution is -2.30. The van der Waals surface area contributed by atoms with Gasteiger partial charge in [-0.25, -0.2) is 9.13 Å². The van der Waals surface area contributed by atoms with Crippen LogP contribution in [0.4, 0.5) is 0 Å². The minimum Gasteiger partial charge on any atom is -0.462 e. The summed E-state index contributed by atoms with van der Waals surface area (Å²) in [6.07, 6.45) is 65.3. The summed E-state index contributed by atoms with van der Waals surface area (Å²) in [7, 11) is -9.92. The van der Waals surface area contributed by atoms with E-state index in [1.165, 1.54) is 250 Å². The number of aliphatic hydroxyl groups is 1. The van der Waals surface area contributed by atoms with Crippen molar-refractivity contribution in [2.45, 2.75) is 451 Å². The molecule has 0 aromatic carbocycles. The molecule has 0 aliphatic rings. The van der Waals surface area contributed by atoms with E-state index in [9.17, 15) is 43.2 Å². The third-order valence-corrected chi connectivity index (χ3v) is 20.9. The van der Waals surface area contributed by atoms with Crippen LogP contribution in [-0.2, 0) is 65.4 Å². The number of carbonyl (C=O) groups is 4. The first-order valence-electron chi connectivity index (χ1n) is 42.1. The highest BCUT2D eigenvalue weighted by Gasteiger charge is 2.30. The van der Waals surface area contributed by atoms with Crippen LogP contribution in [0.25, 0.3) is 0 Å². The molecule has 0 radical (unpaired) electrons. The van der Waals surface area contributed by atoms with E-state index in [0.29, 0.717) is 25.7 Å². The molecule has 0 saturated carbocycles. The molecule has 0 fully saturated rings. The summed E-state index contributed by atoms with van der Waals surface area (Å²) < 4.78 is 68.7. The zero-order valence-electron chi connectivity index (χ0n) is 65.3. The quantitative estimate of drug-likeness (QED) is 0.0222. The maximum atomic E-state index is 13.1. The van der Waals surface area contributed by atoms with Gasteiger partial charge in [0.05, 0.1) is 26.4 Å². The van der Waals surface area contributed by atoms with Crippen LogP contribution in [0.5, 0.6) is 0 Å². The standard InChI is InChI=1S/C81H158O17P2/c1-6-9-12-15-18-21-23-25-27-29-31-33-37-41-45-50-55-60-65-79(84)92-71-77(98-81(86)66-61-56-51-46-42-38-34-32-30-28-26-24-22-19-16-13-10-7-2)73-96-100(89,90)94-69-75(82)68-93-99(87,88)95-72-76(70-91-78(83)64-59-54-49-20-17-14-11-8-3)97-80(85)67-62-57-52-47-43-39-35-36-40-44-48-53-58-63-74(4)5/h74-77,82H,6-73H2,1-5H3,(H,87,88)(H,89,90)/t75-,76+,77+/m0/s1. The van der Waals surface area contributed by atoms with Gasteiger partial charge in [-0.2, -0.15) is 0 Å². The van der Waals surface area contributed by atoms with Crippen molar-refractivity contribution in [3.05, 3.63) is 0 Å². The van der Waals surface area contributed by atoms with Crippen molar-refractivity contribution in [1.29, 1.82) is 0 Å². The number of carbonyl (C=O) groups excluding carboxylic acids is 4. The first kappa shape index (κ1) is 98.1. The van der Waals surface area contributed by atoms with Crippen LogP contribution in [0.2, 0.25) is 0 Å². The average Bonchev–Trinajstić information content (AvgIpc) is 0.950. The molecule has 0 rings (SSSR count). The lowest BCUT2D eigenvalue weighted by Gasteiger charge is -2.21.